The van der Waals surface area contributed by atoms with Crippen LogP contribution < -0.4 is 0 Å². The van der Waals surface area contributed by atoms with E-state index in [4.69, 9.17) is 0 Å². The van der Waals surface area contributed by atoms with E-state index in [1.165, 1.54) is 0 Å². The molecule has 0 rings (SSSR count). The third-order valence-electron chi connectivity index (χ3n) is 0. The van der Waals surface area contributed by atoms with E-state index in [-0.39, 0.29) is 0 Å². The molecule has 0 fully saturated rings. The topological polar surface area (TPSA) is 0 Å². The van der Waals surface area contributed by atoms with Gasteiger partial charge < -0.3 is 12.8 Å². The van der Waals surface area contributed by atoms with Crippen LogP contribution in [-0.2, 0) is 14.6 Å². The second kappa shape index (κ2) is 46.2. The quantitative estimate of drug-likeness (QED) is 0.397. The average molecular weight is 180 g/mol. The molecule has 0 heterocycles. The van der Waals surface area contributed by atoms with Gasteiger partial charge in [-0.25, -0.2) is 0 Å². The fourth-order valence-electron chi connectivity index (χ4n) is 0. The monoisotopic (exact) mass is 179 g/mol. The van der Waals surface area contributed by atoms with E-state index in [0.717, 1.165) is 0 Å². The fourth-order valence-corrected chi connectivity index (χ4v) is 0. The Balaban J connectivity index is -0.0000000483. The van der Waals surface area contributed by atoms with Gasteiger partial charge in [0.05, 0.1) is 0 Å². The first kappa shape index (κ1) is 15.9. The molecule has 0 saturated heterocycles. The number of halogens is 1. The van der Waals surface area contributed by atoms with E-state index in [1.807, 2.05) is 40.5 Å². The standard InChI is InChI=1S/2C3H7.ClH.Ni/c2*1-3-2;;/h2*3H,1-2H3;1H;/q2*-1;;+1/p-1. The molecule has 0 bridgehead atoms. The average Bonchev–Trinajstić information content (AvgIpc) is 1.75. The van der Waals surface area contributed by atoms with Crippen molar-refractivity contribution in [2.24, 2.45) is 0 Å². The Morgan fingerprint density at radius 1 is 0.875 bits per heavy atom. The molecule has 0 aromatic heterocycles. The number of rotatable bonds is 0. The normalized spacial score (nSPS) is 5.38. The molecule has 0 unspecified atom stereocenters. The van der Waals surface area contributed by atoms with Gasteiger partial charge in [-0.2, -0.15) is 27.7 Å². The van der Waals surface area contributed by atoms with Gasteiger partial charge in [0.25, 0.3) is 0 Å². The molecule has 0 aromatic rings. The molecule has 0 amide bonds. The molecule has 0 aliphatic rings. The van der Waals surface area contributed by atoms with Crippen LogP contribution in [-0.4, -0.2) is 0 Å². The molecule has 0 radical (unpaired) electrons. The van der Waals surface area contributed by atoms with Gasteiger partial charge in [0.1, 0.15) is 0 Å². The first-order valence-corrected chi connectivity index (χ1v) is 3.79. The molecule has 0 spiro atoms. The molecule has 0 saturated carbocycles. The van der Waals surface area contributed by atoms with Crippen molar-refractivity contribution in [2.75, 3.05) is 0 Å². The first-order valence-electron chi connectivity index (χ1n) is 2.43. The van der Waals surface area contributed by atoms with Gasteiger partial charge in [-0.3, -0.25) is 0 Å². The van der Waals surface area contributed by atoms with Crippen LogP contribution in [0.5, 0.6) is 0 Å². The van der Waals surface area contributed by atoms with Crippen LogP contribution in [0.25, 0.3) is 0 Å². The summed E-state index contributed by atoms with van der Waals surface area (Å²) >= 11 is 3.35. The Hall–Kier alpha value is 0.784. The second-order valence-corrected chi connectivity index (χ2v) is 1.15. The van der Waals surface area contributed by atoms with Gasteiger partial charge in [-0.15, -0.1) is 0 Å². The van der Waals surface area contributed by atoms with Crippen LogP contribution in [0.4, 0.5) is 0 Å². The van der Waals surface area contributed by atoms with Crippen molar-refractivity contribution in [1.82, 2.24) is 0 Å². The predicted molar refractivity (Wildman–Crippen MR) is 37.1 cm³/mol. The van der Waals surface area contributed by atoms with Gasteiger partial charge >= 0.3 is 24.8 Å². The molecule has 0 aliphatic heterocycles. The number of hydrogen-bond acceptors (Lipinski definition) is 0. The van der Waals surface area contributed by atoms with E-state index in [0.29, 0.717) is 0 Å². The summed E-state index contributed by atoms with van der Waals surface area (Å²) in [4.78, 5) is 0. The maximum atomic E-state index is 4.26. The van der Waals surface area contributed by atoms with E-state index in [1.54, 1.807) is 0 Å². The van der Waals surface area contributed by atoms with E-state index in [2.05, 4.69) is 24.8 Å². The minimum absolute atomic E-state index is 2.00. The number of hydrogen-bond donors (Lipinski definition) is 0. The Kier molecular flexibility index (Phi) is 91.9. The van der Waals surface area contributed by atoms with Crippen molar-refractivity contribution in [1.29, 1.82) is 0 Å². The summed E-state index contributed by atoms with van der Waals surface area (Å²) in [5, 5.41) is 0. The molecule has 0 nitrogen and oxygen atoms in total. The van der Waals surface area contributed by atoms with Gasteiger partial charge in [0.15, 0.2) is 0 Å². The van der Waals surface area contributed by atoms with E-state index >= 15 is 0 Å². The SMILES string of the molecule is C[CH-]C.C[CH-]C.[Cl][Ni]. The van der Waals surface area contributed by atoms with E-state index < -0.39 is 0 Å². The zero-order chi connectivity index (χ0) is 7.41. The van der Waals surface area contributed by atoms with Crippen molar-refractivity contribution in [3.63, 3.8) is 0 Å². The minimum atomic E-state index is 2.00. The fraction of sp³-hybridized carbons (Fsp3) is 0.667. The van der Waals surface area contributed by atoms with Crippen LogP contribution in [0.2, 0.25) is 0 Å². The molecule has 0 N–H and O–H groups in total. The van der Waals surface area contributed by atoms with Crippen LogP contribution in [0.3, 0.4) is 0 Å². The predicted octanol–water partition coefficient (Wildman–Crippen LogP) is 3.15. The zero-order valence-corrected chi connectivity index (χ0v) is 7.59. The summed E-state index contributed by atoms with van der Waals surface area (Å²) in [6, 6.07) is 0. The van der Waals surface area contributed by atoms with E-state index in [9.17, 15) is 0 Å². The summed E-state index contributed by atoms with van der Waals surface area (Å²) in [6.45, 7) is 8.00. The molecule has 0 aliphatic carbocycles. The van der Waals surface area contributed by atoms with Crippen LogP contribution in [0.1, 0.15) is 27.7 Å². The summed E-state index contributed by atoms with van der Waals surface area (Å²) in [7, 11) is 4.26. The Morgan fingerprint density at radius 3 is 0.875 bits per heavy atom. The molecular weight excluding hydrogens is 166 g/mol. The second-order valence-electron chi connectivity index (χ2n) is 1.15. The Labute approximate surface area is 65.6 Å². The van der Waals surface area contributed by atoms with Crippen molar-refractivity contribution in [2.45, 2.75) is 27.7 Å². The van der Waals surface area contributed by atoms with Crippen molar-refractivity contribution in [3.05, 3.63) is 12.8 Å². The molecule has 0 atom stereocenters. The van der Waals surface area contributed by atoms with Crippen molar-refractivity contribution < 1.29 is 14.6 Å². The molecule has 0 aromatic carbocycles. The molecule has 2 heteroatoms. The van der Waals surface area contributed by atoms with Gasteiger partial charge in [-0.05, 0) is 0 Å². The van der Waals surface area contributed by atoms with Crippen molar-refractivity contribution in [3.8, 4) is 0 Å². The zero-order valence-electron chi connectivity index (χ0n) is 5.85. The molecule has 8 heavy (non-hydrogen) atoms. The molecular formula is C6H14ClNi-2. The van der Waals surface area contributed by atoms with Crippen LogP contribution in [0, 0.1) is 12.8 Å². The summed E-state index contributed by atoms with van der Waals surface area (Å²) in [6.07, 6.45) is 4.00. The summed E-state index contributed by atoms with van der Waals surface area (Å²) in [5.74, 6) is 0. The van der Waals surface area contributed by atoms with Crippen LogP contribution in [0.15, 0.2) is 0 Å². The Morgan fingerprint density at radius 2 is 0.875 bits per heavy atom. The third kappa shape index (κ3) is 370. The first-order chi connectivity index (χ1) is 3.83. The maximum absolute atomic E-state index is 4.26. The van der Waals surface area contributed by atoms with Gasteiger partial charge in [-0.1, -0.05) is 0 Å². The Bertz CT molecular complexity index is 10.5. The van der Waals surface area contributed by atoms with Crippen molar-refractivity contribution >= 4 is 10.2 Å². The van der Waals surface area contributed by atoms with Crippen LogP contribution >= 0.6 is 10.2 Å². The summed E-state index contributed by atoms with van der Waals surface area (Å²) < 4.78 is 0. The van der Waals surface area contributed by atoms with Gasteiger partial charge in [0.2, 0.25) is 0 Å². The third-order valence-corrected chi connectivity index (χ3v) is 0. The summed E-state index contributed by atoms with van der Waals surface area (Å²) in [5.41, 5.74) is 0. The van der Waals surface area contributed by atoms with Gasteiger partial charge in [0, 0.05) is 0 Å². The molecule has 57 valence electrons.